The first-order valence-corrected chi connectivity index (χ1v) is 8.28. The molecule has 0 aliphatic rings. The molecule has 0 saturated carbocycles. The summed E-state index contributed by atoms with van der Waals surface area (Å²) in [7, 11) is 0. The number of nitrogens with zero attached hydrogens (tertiary/aromatic N) is 1. The molecule has 0 atom stereocenters. The van der Waals surface area contributed by atoms with Crippen LogP contribution in [0.4, 0.5) is 4.39 Å². The first-order valence-electron chi connectivity index (χ1n) is 6.47. The maximum atomic E-state index is 13.1. The average molecular weight is 310 g/mol. The third kappa shape index (κ3) is 3.81. The zero-order valence-electron chi connectivity index (χ0n) is 11.9. The molecule has 2 rings (SSSR count). The van der Waals surface area contributed by atoms with Crippen molar-refractivity contribution in [2.75, 3.05) is 0 Å². The van der Waals surface area contributed by atoms with Crippen molar-refractivity contribution in [3.8, 4) is 0 Å². The number of halogens is 1. The van der Waals surface area contributed by atoms with E-state index in [9.17, 15) is 4.39 Å². The maximum Gasteiger partial charge on any atom is 0.124 e. The Labute approximate surface area is 127 Å². The minimum atomic E-state index is -0.202. The lowest BCUT2D eigenvalue weighted by atomic mass is 9.91. The number of thioether (sulfide) groups is 1. The Morgan fingerprint density at radius 2 is 2.10 bits per heavy atom. The fraction of sp³-hybridized carbons (Fsp3) is 0.400. The molecule has 1 heterocycles. The van der Waals surface area contributed by atoms with E-state index in [1.807, 2.05) is 6.07 Å². The highest BCUT2D eigenvalue weighted by molar-refractivity contribution is 7.98. The SMILES string of the molecule is CC(C)(C)c1nc(CSc2cccc(F)c2)sc1CN. The minimum absolute atomic E-state index is 0.00692. The van der Waals surface area contributed by atoms with Gasteiger partial charge in [-0.2, -0.15) is 0 Å². The molecule has 5 heteroatoms. The van der Waals surface area contributed by atoms with E-state index in [0.717, 1.165) is 26.2 Å². The van der Waals surface area contributed by atoms with Crippen molar-refractivity contribution in [3.63, 3.8) is 0 Å². The summed E-state index contributed by atoms with van der Waals surface area (Å²) >= 11 is 3.26. The van der Waals surface area contributed by atoms with Crippen molar-refractivity contribution in [3.05, 3.63) is 45.7 Å². The Morgan fingerprint density at radius 3 is 2.65 bits per heavy atom. The summed E-state index contributed by atoms with van der Waals surface area (Å²) in [6.45, 7) is 6.95. The van der Waals surface area contributed by atoms with E-state index in [-0.39, 0.29) is 11.2 Å². The van der Waals surface area contributed by atoms with E-state index in [1.54, 1.807) is 35.2 Å². The molecule has 2 N–H and O–H groups in total. The van der Waals surface area contributed by atoms with Gasteiger partial charge < -0.3 is 5.73 Å². The Balaban J connectivity index is 2.12. The fourth-order valence-electron chi connectivity index (χ4n) is 1.89. The van der Waals surface area contributed by atoms with Gasteiger partial charge in [-0.05, 0) is 18.2 Å². The summed E-state index contributed by atoms with van der Waals surface area (Å²) in [5.41, 5.74) is 6.89. The second-order valence-electron chi connectivity index (χ2n) is 5.58. The number of nitrogens with two attached hydrogens (primary N) is 1. The predicted octanol–water partition coefficient (Wildman–Crippen LogP) is 4.33. The van der Waals surface area contributed by atoms with Crippen LogP contribution >= 0.6 is 23.1 Å². The molecule has 1 aromatic heterocycles. The van der Waals surface area contributed by atoms with Gasteiger partial charge in [0, 0.05) is 21.7 Å². The molecule has 2 nitrogen and oxygen atoms in total. The van der Waals surface area contributed by atoms with Crippen LogP contribution in [0.5, 0.6) is 0 Å². The van der Waals surface area contributed by atoms with Crippen molar-refractivity contribution in [1.29, 1.82) is 0 Å². The number of thiazole rings is 1. The van der Waals surface area contributed by atoms with Crippen molar-refractivity contribution in [2.24, 2.45) is 5.73 Å². The standard InChI is InChI=1S/C15H19FN2S2/c1-15(2,3)14-12(8-17)20-13(18-14)9-19-11-6-4-5-10(16)7-11/h4-7H,8-9,17H2,1-3H3. The average Bonchev–Trinajstić information content (AvgIpc) is 2.80. The number of benzene rings is 1. The zero-order chi connectivity index (χ0) is 14.8. The Morgan fingerprint density at radius 1 is 1.35 bits per heavy atom. The molecule has 0 radical (unpaired) electrons. The lowest BCUT2D eigenvalue weighted by Crippen LogP contribution is -2.15. The predicted molar refractivity (Wildman–Crippen MR) is 84.7 cm³/mol. The monoisotopic (exact) mass is 310 g/mol. The van der Waals surface area contributed by atoms with E-state index in [2.05, 4.69) is 20.8 Å². The largest absolute Gasteiger partial charge is 0.326 e. The molecule has 0 aliphatic heterocycles. The van der Waals surface area contributed by atoms with Gasteiger partial charge in [-0.1, -0.05) is 26.8 Å². The van der Waals surface area contributed by atoms with Gasteiger partial charge in [0.25, 0.3) is 0 Å². The van der Waals surface area contributed by atoms with Gasteiger partial charge >= 0.3 is 0 Å². The van der Waals surface area contributed by atoms with Crippen LogP contribution in [0.15, 0.2) is 29.2 Å². The van der Waals surface area contributed by atoms with Gasteiger partial charge in [0.1, 0.15) is 10.8 Å². The number of hydrogen-bond donors (Lipinski definition) is 1. The molecule has 0 aliphatic carbocycles. The molecule has 0 unspecified atom stereocenters. The van der Waals surface area contributed by atoms with Gasteiger partial charge in [-0.15, -0.1) is 23.1 Å². The molecular formula is C15H19FN2S2. The summed E-state index contributed by atoms with van der Waals surface area (Å²) in [4.78, 5) is 6.78. The highest BCUT2D eigenvalue weighted by atomic mass is 32.2. The van der Waals surface area contributed by atoms with E-state index in [4.69, 9.17) is 10.7 Å². The highest BCUT2D eigenvalue weighted by Crippen LogP contribution is 2.32. The Bertz CT molecular complexity index is 588. The quantitative estimate of drug-likeness (QED) is 0.854. The molecule has 20 heavy (non-hydrogen) atoms. The first kappa shape index (κ1) is 15.5. The second-order valence-corrected chi connectivity index (χ2v) is 7.80. The van der Waals surface area contributed by atoms with Gasteiger partial charge in [0.05, 0.1) is 11.4 Å². The van der Waals surface area contributed by atoms with E-state index >= 15 is 0 Å². The van der Waals surface area contributed by atoms with Gasteiger partial charge in [-0.3, -0.25) is 0 Å². The van der Waals surface area contributed by atoms with E-state index in [0.29, 0.717) is 6.54 Å². The summed E-state index contributed by atoms with van der Waals surface area (Å²) in [5.74, 6) is 0.546. The summed E-state index contributed by atoms with van der Waals surface area (Å²) in [5, 5.41) is 1.05. The van der Waals surface area contributed by atoms with Crippen LogP contribution < -0.4 is 5.73 Å². The van der Waals surface area contributed by atoms with Crippen LogP contribution in [0, 0.1) is 5.82 Å². The lowest BCUT2D eigenvalue weighted by Gasteiger charge is -2.16. The fourth-order valence-corrected chi connectivity index (χ4v) is 3.98. The number of hydrogen-bond acceptors (Lipinski definition) is 4. The molecule has 0 spiro atoms. The van der Waals surface area contributed by atoms with Crippen LogP contribution in [0.1, 0.15) is 36.3 Å². The topological polar surface area (TPSA) is 38.9 Å². The van der Waals surface area contributed by atoms with Crippen LogP contribution in [-0.4, -0.2) is 4.98 Å². The smallest absolute Gasteiger partial charge is 0.124 e. The second kappa shape index (κ2) is 6.24. The van der Waals surface area contributed by atoms with Crippen LogP contribution in [0.3, 0.4) is 0 Å². The van der Waals surface area contributed by atoms with E-state index in [1.165, 1.54) is 6.07 Å². The first-order chi connectivity index (χ1) is 9.40. The third-order valence-corrected chi connectivity index (χ3v) is 5.06. The molecule has 2 aromatic rings. The summed E-state index contributed by atoms with van der Waals surface area (Å²) < 4.78 is 13.1. The minimum Gasteiger partial charge on any atom is -0.326 e. The number of aromatic nitrogens is 1. The molecule has 0 bridgehead atoms. The maximum absolute atomic E-state index is 13.1. The van der Waals surface area contributed by atoms with Crippen molar-refractivity contribution in [1.82, 2.24) is 4.98 Å². The van der Waals surface area contributed by atoms with Gasteiger partial charge in [0.15, 0.2) is 0 Å². The van der Waals surface area contributed by atoms with Crippen LogP contribution in [0.2, 0.25) is 0 Å². The molecule has 1 aromatic carbocycles. The van der Waals surface area contributed by atoms with Crippen molar-refractivity contribution < 1.29 is 4.39 Å². The zero-order valence-corrected chi connectivity index (χ0v) is 13.6. The molecule has 0 fully saturated rings. The molecule has 108 valence electrons. The lowest BCUT2D eigenvalue weighted by molar-refractivity contribution is 0.565. The third-order valence-electron chi connectivity index (χ3n) is 2.80. The van der Waals surface area contributed by atoms with E-state index < -0.39 is 0 Å². The van der Waals surface area contributed by atoms with Crippen molar-refractivity contribution in [2.45, 2.75) is 43.4 Å². The molecule has 0 amide bonds. The molecule has 0 saturated heterocycles. The summed E-state index contributed by atoms with van der Waals surface area (Å²) in [6.07, 6.45) is 0. The van der Waals surface area contributed by atoms with Crippen molar-refractivity contribution >= 4 is 23.1 Å². The highest BCUT2D eigenvalue weighted by Gasteiger charge is 2.22. The number of rotatable bonds is 4. The van der Waals surface area contributed by atoms with Gasteiger partial charge in [-0.25, -0.2) is 9.37 Å². The summed E-state index contributed by atoms with van der Waals surface area (Å²) in [6, 6.07) is 6.64. The van der Waals surface area contributed by atoms with Crippen LogP contribution in [0.25, 0.3) is 0 Å². The Kier molecular flexibility index (Phi) is 4.83. The Hall–Kier alpha value is -0.910. The van der Waals surface area contributed by atoms with Gasteiger partial charge in [0.2, 0.25) is 0 Å². The molecular weight excluding hydrogens is 291 g/mol. The normalized spacial score (nSPS) is 11.8. The van der Waals surface area contributed by atoms with Crippen LogP contribution in [-0.2, 0) is 17.7 Å².